The predicted octanol–water partition coefficient (Wildman–Crippen LogP) is -5.91. The Morgan fingerprint density at radius 1 is 1.00 bits per heavy atom. The number of aliphatic hydroxyl groups excluding tert-OH is 6. The van der Waals surface area contributed by atoms with E-state index in [-0.39, 0.29) is 18.7 Å². The Kier molecular flexibility index (Phi) is 17.3. The lowest BCUT2D eigenvalue weighted by atomic mass is 10.0. The number of aldehydes is 1. The summed E-state index contributed by atoms with van der Waals surface area (Å²) in [4.78, 5) is 9.90. The van der Waals surface area contributed by atoms with Gasteiger partial charge in [0.2, 0.25) is 0 Å². The minimum atomic E-state index is -1.79. The van der Waals surface area contributed by atoms with Crippen molar-refractivity contribution < 1.29 is 52.3 Å². The van der Waals surface area contributed by atoms with Gasteiger partial charge >= 0.3 is 0 Å². The summed E-state index contributed by atoms with van der Waals surface area (Å²) < 4.78 is 0.938. The summed E-state index contributed by atoms with van der Waals surface area (Å²) in [5.74, 6) is 0. The molecule has 0 aliphatic rings. The molecule has 0 aromatic rings. The summed E-state index contributed by atoms with van der Waals surface area (Å²) in [5.41, 5.74) is 0. The fourth-order valence-corrected chi connectivity index (χ4v) is 1.61. The lowest BCUT2D eigenvalue weighted by Crippen LogP contribution is -3.00. The van der Waals surface area contributed by atoms with E-state index in [2.05, 4.69) is 21.0 Å². The number of nitrogens with zero attached hydrogens (tertiary/aromatic N) is 1. The fourth-order valence-electron chi connectivity index (χ4n) is 1.61. The fraction of sp³-hybridized carbons (Fsp3) is 0.923. The third-order valence-electron chi connectivity index (χ3n) is 2.95. The van der Waals surface area contributed by atoms with Crippen LogP contribution in [0.25, 0.3) is 0 Å². The van der Waals surface area contributed by atoms with Crippen LogP contribution in [0, 0.1) is 0 Å². The second-order valence-electron chi connectivity index (χ2n) is 5.46. The molecule has 0 aliphatic carbocycles. The second-order valence-corrected chi connectivity index (χ2v) is 5.46. The molecule has 0 aromatic heterocycles. The maximum Gasteiger partial charge on any atom is 0.151 e. The summed E-state index contributed by atoms with van der Waals surface area (Å²) >= 11 is 0. The van der Waals surface area contributed by atoms with E-state index >= 15 is 0 Å². The van der Waals surface area contributed by atoms with Gasteiger partial charge in [-0.15, -0.1) is 0 Å². The summed E-state index contributed by atoms with van der Waals surface area (Å²) in [6.45, 7) is 3.72. The minimum absolute atomic E-state index is 0. The van der Waals surface area contributed by atoms with Crippen LogP contribution in [0.4, 0.5) is 0 Å². The average Bonchev–Trinajstić information content (AvgIpc) is 2.44. The third kappa shape index (κ3) is 12.2. The molecule has 0 radical (unpaired) electrons. The van der Waals surface area contributed by atoms with Crippen LogP contribution in [0.3, 0.4) is 0 Å². The first-order valence-corrected chi connectivity index (χ1v) is 6.88. The quantitative estimate of drug-likeness (QED) is 0.180. The highest BCUT2D eigenvalue weighted by molar-refractivity contribution is 5.56. The van der Waals surface area contributed by atoms with Crippen molar-refractivity contribution in [1.82, 2.24) is 0 Å². The molecule has 8 nitrogen and oxygen atoms in total. The van der Waals surface area contributed by atoms with E-state index < -0.39 is 31.0 Å². The van der Waals surface area contributed by atoms with Crippen molar-refractivity contribution in [3.8, 4) is 0 Å². The predicted molar refractivity (Wildman–Crippen MR) is 76.4 cm³/mol. The maximum atomic E-state index is 9.90. The molecule has 0 spiro atoms. The van der Waals surface area contributed by atoms with Crippen molar-refractivity contribution in [3.05, 3.63) is 0 Å². The van der Waals surface area contributed by atoms with Crippen molar-refractivity contribution in [2.75, 3.05) is 40.4 Å². The smallest absolute Gasteiger partial charge is 0.151 e. The summed E-state index contributed by atoms with van der Waals surface area (Å²) in [5, 5.41) is 52.1. The molecule has 22 heavy (non-hydrogen) atoms. The van der Waals surface area contributed by atoms with Crippen LogP contribution in [0.1, 0.15) is 13.3 Å². The van der Waals surface area contributed by atoms with Crippen LogP contribution >= 0.6 is 0 Å². The third-order valence-corrected chi connectivity index (χ3v) is 2.95. The van der Waals surface area contributed by atoms with Gasteiger partial charge in [0.15, 0.2) is 6.29 Å². The van der Waals surface area contributed by atoms with Gasteiger partial charge in [0.1, 0.15) is 31.0 Å². The Morgan fingerprint density at radius 2 is 1.50 bits per heavy atom. The van der Waals surface area contributed by atoms with Crippen molar-refractivity contribution >= 4 is 6.29 Å². The highest BCUT2D eigenvalue weighted by atomic mass is 35.5. The minimum Gasteiger partial charge on any atom is -1.00 e. The zero-order valence-electron chi connectivity index (χ0n) is 13.3. The zero-order valence-corrected chi connectivity index (χ0v) is 14.1. The second kappa shape index (κ2) is 14.3. The van der Waals surface area contributed by atoms with Gasteiger partial charge in [-0.25, -0.2) is 0 Å². The molecule has 0 fully saturated rings. The molecule has 4 atom stereocenters. The number of hydrogen-bond donors (Lipinski definition) is 6. The SMILES string of the molecule is CCC[N+](C)(C)CCO.O=CC(O)C(O)C(O)C(O)CO.[Cl-]. The summed E-state index contributed by atoms with van der Waals surface area (Å²) in [7, 11) is 4.28. The zero-order chi connectivity index (χ0) is 17.1. The van der Waals surface area contributed by atoms with Crippen LogP contribution in [-0.4, -0.2) is 106 Å². The van der Waals surface area contributed by atoms with Crippen molar-refractivity contribution in [1.29, 1.82) is 0 Å². The van der Waals surface area contributed by atoms with E-state index in [1.807, 2.05) is 0 Å². The van der Waals surface area contributed by atoms with E-state index in [1.165, 1.54) is 6.42 Å². The number of hydrogen-bond acceptors (Lipinski definition) is 7. The molecule has 0 rings (SSSR count). The average molecular weight is 348 g/mol. The number of quaternary nitrogens is 1. The topological polar surface area (TPSA) is 138 Å². The van der Waals surface area contributed by atoms with Gasteiger partial charge in [-0.2, -0.15) is 0 Å². The van der Waals surface area contributed by atoms with E-state index in [9.17, 15) is 4.79 Å². The van der Waals surface area contributed by atoms with Gasteiger partial charge in [-0.1, -0.05) is 6.92 Å². The molecule has 0 heterocycles. The number of carbonyl (C=O) groups excluding carboxylic acids is 1. The molecular formula is C13H30ClNO7. The number of halogens is 1. The number of aliphatic hydroxyl groups is 6. The highest BCUT2D eigenvalue weighted by Gasteiger charge is 2.29. The molecule has 0 aromatic carbocycles. The molecule has 0 saturated carbocycles. The van der Waals surface area contributed by atoms with Crippen LogP contribution in [-0.2, 0) is 4.79 Å². The number of rotatable bonds is 9. The van der Waals surface area contributed by atoms with Crippen molar-refractivity contribution in [2.24, 2.45) is 0 Å². The molecule has 0 bridgehead atoms. The molecule has 0 aliphatic heterocycles. The molecule has 136 valence electrons. The van der Waals surface area contributed by atoms with E-state index in [0.717, 1.165) is 17.6 Å². The normalized spacial score (nSPS) is 16.4. The Bertz CT molecular complexity index is 261. The molecule has 9 heteroatoms. The molecular weight excluding hydrogens is 318 g/mol. The molecule has 6 N–H and O–H groups in total. The lowest BCUT2D eigenvalue weighted by Gasteiger charge is -2.28. The highest BCUT2D eigenvalue weighted by Crippen LogP contribution is 2.03. The Morgan fingerprint density at radius 3 is 1.82 bits per heavy atom. The first-order chi connectivity index (χ1) is 9.66. The Balaban J connectivity index is -0.000000326. The van der Waals surface area contributed by atoms with Gasteiger partial charge in [0.25, 0.3) is 0 Å². The molecule has 0 saturated heterocycles. The van der Waals surface area contributed by atoms with Crippen LogP contribution < -0.4 is 12.4 Å². The maximum absolute atomic E-state index is 9.90. The van der Waals surface area contributed by atoms with E-state index in [1.54, 1.807) is 0 Å². The lowest BCUT2D eigenvalue weighted by molar-refractivity contribution is -0.890. The van der Waals surface area contributed by atoms with Gasteiger partial charge in [-0.05, 0) is 6.42 Å². The van der Waals surface area contributed by atoms with Crippen molar-refractivity contribution in [2.45, 2.75) is 37.8 Å². The van der Waals surface area contributed by atoms with Gasteiger partial charge in [-0.3, -0.25) is 0 Å². The molecule has 0 amide bonds. The van der Waals surface area contributed by atoms with E-state index in [4.69, 9.17) is 30.6 Å². The Hall–Kier alpha value is -0.320. The van der Waals surface area contributed by atoms with Gasteiger partial charge in [0, 0.05) is 0 Å². The van der Waals surface area contributed by atoms with Crippen molar-refractivity contribution in [3.63, 3.8) is 0 Å². The van der Waals surface area contributed by atoms with Gasteiger partial charge < -0.3 is 52.3 Å². The van der Waals surface area contributed by atoms with Crippen LogP contribution in [0.5, 0.6) is 0 Å². The first-order valence-electron chi connectivity index (χ1n) is 6.88. The van der Waals surface area contributed by atoms with Gasteiger partial charge in [0.05, 0.1) is 33.9 Å². The standard InChI is InChI=1S/C7H18NO.C6H12O6.ClH/c1-4-5-8(2,3)6-7-9;7-1-3(9)5(11)6(12)4(10)2-8;/h9H,4-7H2,1-3H3;1,3-6,8-12H,2H2;1H/q+1;;/p-1. The van der Waals surface area contributed by atoms with Crippen LogP contribution in [0.15, 0.2) is 0 Å². The monoisotopic (exact) mass is 347 g/mol. The molecule has 4 unspecified atom stereocenters. The Labute approximate surface area is 137 Å². The summed E-state index contributed by atoms with van der Waals surface area (Å²) in [6.07, 6.45) is -5.65. The summed E-state index contributed by atoms with van der Waals surface area (Å²) in [6, 6.07) is 0. The van der Waals surface area contributed by atoms with Crippen LogP contribution in [0.2, 0.25) is 0 Å². The number of likely N-dealkylation sites (N-methyl/N-ethyl adjacent to an activating group) is 1. The number of carbonyl (C=O) groups is 1. The first kappa shape index (κ1) is 26.6. The largest absolute Gasteiger partial charge is 1.00 e. The van der Waals surface area contributed by atoms with E-state index in [0.29, 0.717) is 6.61 Å².